The molecule has 2 rings (SSSR count). The first-order valence-corrected chi connectivity index (χ1v) is 10.6. The van der Waals surface area contributed by atoms with E-state index in [0.29, 0.717) is 12.5 Å². The number of carboxylic acid groups (broad SMARTS) is 1. The number of ether oxygens (including phenoxy) is 1. The molecule has 6 nitrogen and oxygen atoms in total. The predicted molar refractivity (Wildman–Crippen MR) is 120 cm³/mol. The third-order valence-corrected chi connectivity index (χ3v) is 4.70. The molecular weight excluding hydrogens is 432 g/mol. The van der Waals surface area contributed by atoms with Gasteiger partial charge in [-0.1, -0.05) is 39.0 Å². The third kappa shape index (κ3) is 7.52. The van der Waals surface area contributed by atoms with Crippen molar-refractivity contribution in [3.05, 3.63) is 65.7 Å². The summed E-state index contributed by atoms with van der Waals surface area (Å²) in [5.74, 6) is -4.36. The van der Waals surface area contributed by atoms with Crippen LogP contribution in [0.5, 0.6) is 5.75 Å². The number of carboxylic acids is 1. The van der Waals surface area contributed by atoms with Gasteiger partial charge < -0.3 is 15.2 Å². The molecule has 0 fully saturated rings. The SMILES string of the molecule is CC/C=C\CC(=O)NC(CC(C)C)C(=O)Oc1ccc(-c2ccc(F)cc2F)cc1C(=O)O. The maximum absolute atomic E-state index is 14.1. The van der Waals surface area contributed by atoms with Crippen LogP contribution in [0, 0.1) is 17.6 Å². The number of allylic oxidation sites excluding steroid dienone is 1. The molecule has 33 heavy (non-hydrogen) atoms. The lowest BCUT2D eigenvalue weighted by Gasteiger charge is -2.20. The maximum atomic E-state index is 14.1. The van der Waals surface area contributed by atoms with Crippen molar-refractivity contribution in [1.82, 2.24) is 5.32 Å². The molecule has 176 valence electrons. The molecule has 1 unspecified atom stereocenters. The number of carbonyl (C=O) groups is 3. The number of amides is 1. The van der Waals surface area contributed by atoms with E-state index in [1.165, 1.54) is 18.2 Å². The summed E-state index contributed by atoms with van der Waals surface area (Å²) < 4.78 is 32.6. The van der Waals surface area contributed by atoms with Crippen molar-refractivity contribution in [1.29, 1.82) is 0 Å². The summed E-state index contributed by atoms with van der Waals surface area (Å²) >= 11 is 0. The van der Waals surface area contributed by atoms with Gasteiger partial charge in [0, 0.05) is 18.1 Å². The van der Waals surface area contributed by atoms with Crippen LogP contribution in [-0.4, -0.2) is 29.0 Å². The fourth-order valence-electron chi connectivity index (χ4n) is 3.15. The lowest BCUT2D eigenvalue weighted by atomic mass is 10.0. The number of hydrogen-bond donors (Lipinski definition) is 2. The monoisotopic (exact) mass is 459 g/mol. The number of aromatic carboxylic acids is 1. The minimum Gasteiger partial charge on any atom is -0.478 e. The zero-order chi connectivity index (χ0) is 24.5. The molecule has 1 atom stereocenters. The Morgan fingerprint density at radius 2 is 1.82 bits per heavy atom. The first-order valence-electron chi connectivity index (χ1n) is 10.6. The second kappa shape index (κ2) is 11.9. The summed E-state index contributed by atoms with van der Waals surface area (Å²) in [7, 11) is 0. The molecule has 0 radical (unpaired) electrons. The van der Waals surface area contributed by atoms with Crippen LogP contribution in [0.25, 0.3) is 11.1 Å². The van der Waals surface area contributed by atoms with Crippen molar-refractivity contribution in [3.63, 3.8) is 0 Å². The molecule has 0 saturated carbocycles. The molecule has 1 amide bonds. The number of halogens is 2. The van der Waals surface area contributed by atoms with E-state index in [4.69, 9.17) is 4.74 Å². The lowest BCUT2D eigenvalue weighted by Crippen LogP contribution is -2.43. The van der Waals surface area contributed by atoms with Gasteiger partial charge in [-0.25, -0.2) is 18.4 Å². The summed E-state index contributed by atoms with van der Waals surface area (Å²) in [6.45, 7) is 5.68. The van der Waals surface area contributed by atoms with Gasteiger partial charge in [-0.15, -0.1) is 0 Å². The van der Waals surface area contributed by atoms with Crippen molar-refractivity contribution >= 4 is 17.8 Å². The highest BCUT2D eigenvalue weighted by Crippen LogP contribution is 2.29. The van der Waals surface area contributed by atoms with Gasteiger partial charge in [-0.05, 0) is 48.6 Å². The van der Waals surface area contributed by atoms with Gasteiger partial charge in [0.15, 0.2) is 0 Å². The zero-order valence-corrected chi connectivity index (χ0v) is 18.7. The molecule has 2 N–H and O–H groups in total. The lowest BCUT2D eigenvalue weighted by molar-refractivity contribution is -0.139. The van der Waals surface area contributed by atoms with Crippen LogP contribution >= 0.6 is 0 Å². The van der Waals surface area contributed by atoms with Crippen LogP contribution in [0.2, 0.25) is 0 Å². The predicted octanol–water partition coefficient (Wildman–Crippen LogP) is 5.12. The van der Waals surface area contributed by atoms with Gasteiger partial charge in [0.05, 0.1) is 0 Å². The number of rotatable bonds is 10. The number of hydrogen-bond acceptors (Lipinski definition) is 4. The highest BCUT2D eigenvalue weighted by molar-refractivity contribution is 5.94. The molecule has 0 aliphatic rings. The molecule has 0 aliphatic carbocycles. The largest absolute Gasteiger partial charge is 0.478 e. The quantitative estimate of drug-likeness (QED) is 0.292. The van der Waals surface area contributed by atoms with Crippen LogP contribution in [0.15, 0.2) is 48.6 Å². The van der Waals surface area contributed by atoms with Crippen LogP contribution in [0.1, 0.15) is 50.4 Å². The number of nitrogens with one attached hydrogen (secondary N) is 1. The van der Waals surface area contributed by atoms with E-state index in [-0.39, 0.29) is 40.7 Å². The van der Waals surface area contributed by atoms with Gasteiger partial charge in [-0.3, -0.25) is 4.79 Å². The van der Waals surface area contributed by atoms with Crippen LogP contribution in [-0.2, 0) is 9.59 Å². The van der Waals surface area contributed by atoms with E-state index in [1.54, 1.807) is 6.08 Å². The van der Waals surface area contributed by atoms with Gasteiger partial charge in [-0.2, -0.15) is 0 Å². The standard InChI is InChI=1S/C25H27F2NO5/c1-4-5-6-7-23(29)28-21(12-15(2)3)25(32)33-22-11-8-16(13-19(22)24(30)31)18-10-9-17(26)14-20(18)27/h5-6,8-11,13-15,21H,4,7,12H2,1-3H3,(H,28,29)(H,30,31)/b6-5-. The number of benzene rings is 2. The summed E-state index contributed by atoms with van der Waals surface area (Å²) in [6, 6.07) is 5.73. The van der Waals surface area contributed by atoms with Crippen LogP contribution < -0.4 is 10.1 Å². The van der Waals surface area contributed by atoms with E-state index in [9.17, 15) is 28.3 Å². The molecule has 0 spiro atoms. The zero-order valence-electron chi connectivity index (χ0n) is 18.7. The Morgan fingerprint density at radius 1 is 1.09 bits per heavy atom. The van der Waals surface area contributed by atoms with Crippen LogP contribution in [0.3, 0.4) is 0 Å². The van der Waals surface area contributed by atoms with Crippen molar-refractivity contribution < 1.29 is 33.0 Å². The van der Waals surface area contributed by atoms with Crippen molar-refractivity contribution in [2.45, 2.75) is 46.1 Å². The maximum Gasteiger partial charge on any atom is 0.339 e. The first kappa shape index (κ1) is 25.7. The summed E-state index contributed by atoms with van der Waals surface area (Å²) in [6.07, 6.45) is 4.71. The average Bonchev–Trinajstić information content (AvgIpc) is 2.73. The van der Waals surface area contributed by atoms with Crippen molar-refractivity contribution in [2.24, 2.45) is 5.92 Å². The molecule has 0 bridgehead atoms. The summed E-state index contributed by atoms with van der Waals surface area (Å²) in [5, 5.41) is 12.2. The van der Waals surface area contributed by atoms with Gasteiger partial charge in [0.25, 0.3) is 0 Å². The smallest absolute Gasteiger partial charge is 0.339 e. The van der Waals surface area contributed by atoms with Gasteiger partial charge in [0.1, 0.15) is 29.0 Å². The Kier molecular flexibility index (Phi) is 9.27. The minimum absolute atomic E-state index is 0.00172. The minimum atomic E-state index is -1.39. The fraction of sp³-hybridized carbons (Fsp3) is 0.320. The van der Waals surface area contributed by atoms with E-state index in [1.807, 2.05) is 26.8 Å². The normalized spacial score (nSPS) is 12.1. The second-order valence-electron chi connectivity index (χ2n) is 7.89. The fourth-order valence-corrected chi connectivity index (χ4v) is 3.15. The Hall–Kier alpha value is -3.55. The molecule has 2 aromatic rings. The molecule has 0 aliphatic heterocycles. The van der Waals surface area contributed by atoms with Gasteiger partial charge >= 0.3 is 11.9 Å². The Labute approximate surface area is 191 Å². The van der Waals surface area contributed by atoms with E-state index in [0.717, 1.165) is 18.6 Å². The molecule has 0 aromatic heterocycles. The Bertz CT molecular complexity index is 1050. The van der Waals surface area contributed by atoms with Crippen molar-refractivity contribution in [3.8, 4) is 16.9 Å². The van der Waals surface area contributed by atoms with E-state index < -0.39 is 29.6 Å². The second-order valence-corrected chi connectivity index (χ2v) is 7.89. The third-order valence-electron chi connectivity index (χ3n) is 4.70. The highest BCUT2D eigenvalue weighted by Gasteiger charge is 2.26. The summed E-state index contributed by atoms with van der Waals surface area (Å²) in [4.78, 5) is 36.7. The number of esters is 1. The van der Waals surface area contributed by atoms with E-state index >= 15 is 0 Å². The van der Waals surface area contributed by atoms with Crippen LogP contribution in [0.4, 0.5) is 8.78 Å². The average molecular weight is 459 g/mol. The van der Waals surface area contributed by atoms with Gasteiger partial charge in [0.2, 0.25) is 5.91 Å². The summed E-state index contributed by atoms with van der Waals surface area (Å²) in [5.41, 5.74) is -0.189. The molecule has 0 saturated heterocycles. The first-order chi connectivity index (χ1) is 15.6. The van der Waals surface area contributed by atoms with E-state index in [2.05, 4.69) is 5.32 Å². The molecule has 0 heterocycles. The number of carbonyl (C=O) groups excluding carboxylic acids is 2. The molecule has 8 heteroatoms. The van der Waals surface area contributed by atoms with Crippen molar-refractivity contribution in [2.75, 3.05) is 0 Å². The topological polar surface area (TPSA) is 92.7 Å². The Balaban J connectivity index is 2.28. The molecular formula is C25H27F2NO5. The Morgan fingerprint density at radius 3 is 2.42 bits per heavy atom. The molecule has 2 aromatic carbocycles. The highest BCUT2D eigenvalue weighted by atomic mass is 19.1.